The fraction of sp³-hybridized carbons (Fsp3) is 0.333. The molecule has 0 unspecified atom stereocenters. The lowest BCUT2D eigenvalue weighted by Gasteiger charge is -2.06. The maximum absolute atomic E-state index is 12.1. The molecule has 104 valence electrons. The van der Waals surface area contributed by atoms with Crippen LogP contribution < -0.4 is 11.1 Å². The molecule has 0 atom stereocenters. The number of rotatable bonds is 4. The number of aromatic nitrogens is 2. The number of fused-ring (bicyclic) bond motifs is 1. The number of anilines is 1. The smallest absolute Gasteiger partial charge is 0.275 e. The monoisotopic (exact) mass is 270 g/mol. The summed E-state index contributed by atoms with van der Waals surface area (Å²) < 4.78 is 1.82. The van der Waals surface area contributed by atoms with Gasteiger partial charge in [-0.2, -0.15) is 0 Å². The van der Waals surface area contributed by atoms with Crippen molar-refractivity contribution in [2.24, 2.45) is 5.73 Å². The van der Waals surface area contributed by atoms with Crippen molar-refractivity contribution in [2.75, 3.05) is 11.9 Å². The van der Waals surface area contributed by atoms with E-state index in [2.05, 4.69) is 22.4 Å². The van der Waals surface area contributed by atoms with Crippen LogP contribution in [0.15, 0.2) is 30.7 Å². The highest BCUT2D eigenvalue weighted by Crippen LogP contribution is 2.25. The molecule has 0 saturated carbocycles. The number of benzene rings is 1. The van der Waals surface area contributed by atoms with Crippen LogP contribution in [0.3, 0.4) is 0 Å². The van der Waals surface area contributed by atoms with Crippen LogP contribution in [0.1, 0.15) is 28.0 Å². The maximum atomic E-state index is 12.1. The second-order valence-electron chi connectivity index (χ2n) is 5.08. The zero-order valence-corrected chi connectivity index (χ0v) is 11.3. The Morgan fingerprint density at radius 3 is 3.05 bits per heavy atom. The van der Waals surface area contributed by atoms with Gasteiger partial charge in [-0.3, -0.25) is 4.79 Å². The number of hydrogen-bond acceptors (Lipinski definition) is 3. The first-order valence-corrected chi connectivity index (χ1v) is 6.91. The normalized spacial score (nSPS) is 13.2. The van der Waals surface area contributed by atoms with Gasteiger partial charge < -0.3 is 15.6 Å². The quantitative estimate of drug-likeness (QED) is 0.886. The van der Waals surface area contributed by atoms with Crippen LogP contribution in [-0.4, -0.2) is 22.0 Å². The van der Waals surface area contributed by atoms with E-state index in [0.29, 0.717) is 18.8 Å². The van der Waals surface area contributed by atoms with E-state index in [1.165, 1.54) is 17.5 Å². The van der Waals surface area contributed by atoms with Crippen molar-refractivity contribution < 1.29 is 4.79 Å². The van der Waals surface area contributed by atoms with Crippen molar-refractivity contribution in [1.82, 2.24) is 9.55 Å². The van der Waals surface area contributed by atoms with Crippen molar-refractivity contribution in [3.8, 4) is 0 Å². The first-order valence-electron chi connectivity index (χ1n) is 6.91. The average Bonchev–Trinajstić information content (AvgIpc) is 3.07. The largest absolute Gasteiger partial charge is 0.335 e. The molecule has 20 heavy (non-hydrogen) atoms. The van der Waals surface area contributed by atoms with Gasteiger partial charge in [0.15, 0.2) is 0 Å². The predicted octanol–water partition coefficient (Wildman–Crippen LogP) is 1.58. The molecule has 1 aromatic heterocycles. The SMILES string of the molecule is NCCn1cnc(C(=O)Nc2ccc3c(c2)CCC3)c1. The molecule has 1 amide bonds. The molecule has 5 heteroatoms. The summed E-state index contributed by atoms with van der Waals surface area (Å²) in [4.78, 5) is 16.2. The zero-order valence-electron chi connectivity index (χ0n) is 11.3. The van der Waals surface area contributed by atoms with E-state index in [-0.39, 0.29) is 5.91 Å². The first-order chi connectivity index (χ1) is 9.76. The van der Waals surface area contributed by atoms with Crippen LogP contribution in [0, 0.1) is 0 Å². The standard InChI is InChI=1S/C15H18N4O/c16-6-7-19-9-14(17-10-19)15(20)18-13-5-4-11-2-1-3-12(11)8-13/h4-5,8-10H,1-3,6-7,16H2,(H,18,20). The summed E-state index contributed by atoms with van der Waals surface area (Å²) in [7, 11) is 0. The summed E-state index contributed by atoms with van der Waals surface area (Å²) in [5, 5.41) is 2.90. The second-order valence-corrected chi connectivity index (χ2v) is 5.08. The number of amides is 1. The summed E-state index contributed by atoms with van der Waals surface area (Å²) in [5.41, 5.74) is 9.47. The molecule has 1 aliphatic carbocycles. The Labute approximate surface area is 117 Å². The molecule has 3 rings (SSSR count). The Morgan fingerprint density at radius 2 is 2.20 bits per heavy atom. The van der Waals surface area contributed by atoms with Gasteiger partial charge in [0.2, 0.25) is 0 Å². The van der Waals surface area contributed by atoms with Gasteiger partial charge in [-0.25, -0.2) is 4.98 Å². The number of nitrogens with two attached hydrogens (primary N) is 1. The van der Waals surface area contributed by atoms with Gasteiger partial charge in [-0.1, -0.05) is 6.07 Å². The second kappa shape index (κ2) is 5.46. The topological polar surface area (TPSA) is 72.9 Å². The highest BCUT2D eigenvalue weighted by molar-refractivity contribution is 6.02. The lowest BCUT2D eigenvalue weighted by Crippen LogP contribution is -2.13. The van der Waals surface area contributed by atoms with Gasteiger partial charge in [0.1, 0.15) is 5.69 Å². The Bertz CT molecular complexity index is 633. The third-order valence-corrected chi connectivity index (χ3v) is 3.61. The van der Waals surface area contributed by atoms with E-state index in [0.717, 1.165) is 18.5 Å². The number of imidazole rings is 1. The zero-order chi connectivity index (χ0) is 13.9. The summed E-state index contributed by atoms with van der Waals surface area (Å²) in [5.74, 6) is -0.182. The minimum atomic E-state index is -0.182. The molecule has 0 fully saturated rings. The number of carbonyl (C=O) groups is 1. The molecule has 0 radical (unpaired) electrons. The summed E-state index contributed by atoms with van der Waals surface area (Å²) in [6.07, 6.45) is 6.80. The van der Waals surface area contributed by atoms with Gasteiger partial charge in [0.05, 0.1) is 6.33 Å². The third kappa shape index (κ3) is 2.58. The van der Waals surface area contributed by atoms with Crippen LogP contribution in [0.25, 0.3) is 0 Å². The molecule has 2 aromatic rings. The van der Waals surface area contributed by atoms with Crippen molar-refractivity contribution in [3.63, 3.8) is 0 Å². The van der Waals surface area contributed by atoms with Crippen LogP contribution in [-0.2, 0) is 19.4 Å². The lowest BCUT2D eigenvalue weighted by atomic mass is 10.1. The van der Waals surface area contributed by atoms with Crippen LogP contribution in [0.4, 0.5) is 5.69 Å². The Morgan fingerprint density at radius 1 is 1.35 bits per heavy atom. The maximum Gasteiger partial charge on any atom is 0.275 e. The van der Waals surface area contributed by atoms with Crippen molar-refractivity contribution in [1.29, 1.82) is 0 Å². The molecule has 5 nitrogen and oxygen atoms in total. The Balaban J connectivity index is 1.71. The minimum absolute atomic E-state index is 0.182. The molecule has 3 N–H and O–H groups in total. The van der Waals surface area contributed by atoms with Gasteiger partial charge in [0.25, 0.3) is 5.91 Å². The highest BCUT2D eigenvalue weighted by Gasteiger charge is 2.13. The molecular formula is C15H18N4O. The number of aryl methyl sites for hydroxylation is 2. The number of hydrogen-bond donors (Lipinski definition) is 2. The van der Waals surface area contributed by atoms with Crippen molar-refractivity contribution in [2.45, 2.75) is 25.8 Å². The van der Waals surface area contributed by atoms with Gasteiger partial charge in [0, 0.05) is 25.0 Å². The number of nitrogens with one attached hydrogen (secondary N) is 1. The van der Waals surface area contributed by atoms with Gasteiger partial charge >= 0.3 is 0 Å². The lowest BCUT2D eigenvalue weighted by molar-refractivity contribution is 0.102. The molecular weight excluding hydrogens is 252 g/mol. The molecule has 1 aliphatic rings. The molecule has 1 aromatic carbocycles. The van der Waals surface area contributed by atoms with Gasteiger partial charge in [-0.15, -0.1) is 0 Å². The van der Waals surface area contributed by atoms with Crippen molar-refractivity contribution >= 4 is 11.6 Å². The fourth-order valence-electron chi connectivity index (χ4n) is 2.59. The van der Waals surface area contributed by atoms with E-state index < -0.39 is 0 Å². The highest BCUT2D eigenvalue weighted by atomic mass is 16.1. The van der Waals surface area contributed by atoms with Crippen molar-refractivity contribution in [3.05, 3.63) is 47.5 Å². The average molecular weight is 270 g/mol. The molecule has 0 aliphatic heterocycles. The van der Waals surface area contributed by atoms with E-state index in [1.54, 1.807) is 12.5 Å². The van der Waals surface area contributed by atoms with E-state index >= 15 is 0 Å². The number of nitrogens with zero attached hydrogens (tertiary/aromatic N) is 2. The van der Waals surface area contributed by atoms with Crippen LogP contribution in [0.5, 0.6) is 0 Å². The number of carbonyl (C=O) groups excluding carboxylic acids is 1. The van der Waals surface area contributed by atoms with E-state index in [9.17, 15) is 4.79 Å². The summed E-state index contributed by atoms with van der Waals surface area (Å²) in [6.45, 7) is 1.20. The van der Waals surface area contributed by atoms with Gasteiger partial charge in [-0.05, 0) is 42.5 Å². The molecule has 1 heterocycles. The Hall–Kier alpha value is -2.14. The molecule has 0 saturated heterocycles. The Kier molecular flexibility index (Phi) is 3.52. The molecule has 0 bridgehead atoms. The summed E-state index contributed by atoms with van der Waals surface area (Å²) in [6, 6.07) is 6.13. The third-order valence-electron chi connectivity index (χ3n) is 3.61. The summed E-state index contributed by atoms with van der Waals surface area (Å²) >= 11 is 0. The van der Waals surface area contributed by atoms with Crippen LogP contribution in [0.2, 0.25) is 0 Å². The fourth-order valence-corrected chi connectivity index (χ4v) is 2.59. The predicted molar refractivity (Wildman–Crippen MR) is 77.7 cm³/mol. The first kappa shape index (κ1) is 12.9. The minimum Gasteiger partial charge on any atom is -0.335 e. The molecule has 0 spiro atoms. The van der Waals surface area contributed by atoms with E-state index in [4.69, 9.17) is 5.73 Å². The van der Waals surface area contributed by atoms with Crippen LogP contribution >= 0.6 is 0 Å². The van der Waals surface area contributed by atoms with E-state index in [1.807, 2.05) is 10.6 Å².